The zero-order valence-corrected chi connectivity index (χ0v) is 39.2. The number of aromatic carboxylic acids is 1. The molecule has 2 fully saturated rings. The fourth-order valence-electron chi connectivity index (χ4n) is 11.6. The van der Waals surface area contributed by atoms with Gasteiger partial charge >= 0.3 is 5.97 Å². The second kappa shape index (κ2) is 19.6. The third kappa shape index (κ3) is 9.22. The van der Waals surface area contributed by atoms with Crippen LogP contribution in [-0.4, -0.2) is 27.5 Å². The molecule has 0 saturated heterocycles. The van der Waals surface area contributed by atoms with Crippen LogP contribution in [0.2, 0.25) is 0 Å². The summed E-state index contributed by atoms with van der Waals surface area (Å²) in [6.07, 6.45) is 12.2. The average Bonchev–Trinajstić information content (AvgIpc) is 4.11. The van der Waals surface area contributed by atoms with Gasteiger partial charge in [0.25, 0.3) is 0 Å². The minimum absolute atomic E-state index is 0.0229. The van der Waals surface area contributed by atoms with E-state index in [2.05, 4.69) is 159 Å². The number of carboxylic acid groups (broad SMARTS) is 1. The van der Waals surface area contributed by atoms with Crippen LogP contribution in [0.25, 0.3) is 0 Å². The maximum Gasteiger partial charge on any atom is 0.337 e. The lowest BCUT2D eigenvalue weighted by Gasteiger charge is -2.26. The van der Waals surface area contributed by atoms with Crippen LogP contribution in [0.4, 0.5) is 11.4 Å². The number of aryl methyl sites for hydroxylation is 3. The third-order valence-electron chi connectivity index (χ3n) is 14.8. The van der Waals surface area contributed by atoms with Crippen LogP contribution in [0.3, 0.4) is 0 Å². The monoisotopic (exact) mass is 879 g/mol. The smallest absolute Gasteiger partial charge is 0.337 e. The average molecular weight is 880 g/mol. The molecule has 1 N–H and O–H groups in total. The Balaban J connectivity index is 1.14. The van der Waals surface area contributed by atoms with E-state index >= 15 is 0 Å². The van der Waals surface area contributed by atoms with Crippen LogP contribution < -0.4 is 0 Å². The van der Waals surface area contributed by atoms with Crippen LogP contribution in [0.5, 0.6) is 0 Å². The largest absolute Gasteiger partial charge is 0.478 e. The van der Waals surface area contributed by atoms with E-state index in [1.54, 1.807) is 0 Å². The number of carboxylic acids is 1. The first-order chi connectivity index (χ1) is 32.8. The molecule has 10 rings (SSSR count). The third-order valence-corrected chi connectivity index (χ3v) is 14.8. The lowest BCUT2D eigenvalue weighted by molar-refractivity contribution is 0.0696. The number of nitrogens with zero attached hydrogens (tertiary/aromatic N) is 3. The Morgan fingerprint density at radius 2 is 1.00 bits per heavy atom. The number of fused-ring (bicyclic) bond motifs is 1. The number of hydrogen-bond donors (Lipinski definition) is 1. The fourth-order valence-corrected chi connectivity index (χ4v) is 11.6. The van der Waals surface area contributed by atoms with Gasteiger partial charge in [0.2, 0.25) is 0 Å². The van der Waals surface area contributed by atoms with Crippen molar-refractivity contribution in [3.05, 3.63) is 230 Å². The molecular weight excluding hydrogens is 819 g/mol. The van der Waals surface area contributed by atoms with Gasteiger partial charge in [0, 0.05) is 11.8 Å². The fraction of sp³-hybridized carbons (Fsp3) is 0.290. The highest BCUT2D eigenvalue weighted by Gasteiger charge is 2.30. The molecule has 1 heterocycles. The lowest BCUT2D eigenvalue weighted by atomic mass is 9.81. The molecule has 336 valence electrons. The van der Waals surface area contributed by atoms with Crippen molar-refractivity contribution in [3.63, 3.8) is 0 Å². The summed E-state index contributed by atoms with van der Waals surface area (Å²) < 4.78 is 0. The minimum Gasteiger partial charge on any atom is -0.478 e. The van der Waals surface area contributed by atoms with Crippen LogP contribution in [-0.2, 0) is 6.42 Å². The SMILES string of the molecule is CC(=Nc1c(C)cc(C2CCCC2)cc1C(c1ccccc1)c1ccccc1)c1nc2c(cc1C(=O)O)CCCC2=Nc1c(C)cc(C2CCCC2)cc1C(c1ccccc1)c1ccccc1. The first kappa shape index (κ1) is 44.1. The highest BCUT2D eigenvalue weighted by atomic mass is 16.4. The van der Waals surface area contributed by atoms with E-state index in [1.165, 1.54) is 90.3 Å². The van der Waals surface area contributed by atoms with Gasteiger partial charge in [-0.15, -0.1) is 0 Å². The first-order valence-electron chi connectivity index (χ1n) is 24.7. The Morgan fingerprint density at radius 1 is 0.567 bits per heavy atom. The van der Waals surface area contributed by atoms with Crippen molar-refractivity contribution in [1.82, 2.24) is 4.98 Å². The molecule has 0 atom stereocenters. The molecule has 0 bridgehead atoms. The molecule has 0 amide bonds. The van der Waals surface area contributed by atoms with Gasteiger partial charge in [-0.1, -0.05) is 171 Å². The predicted molar refractivity (Wildman–Crippen MR) is 275 cm³/mol. The highest BCUT2D eigenvalue weighted by molar-refractivity contribution is 6.10. The number of rotatable bonds is 12. The van der Waals surface area contributed by atoms with Crippen molar-refractivity contribution in [3.8, 4) is 0 Å². The molecule has 0 aliphatic heterocycles. The number of benzene rings is 6. The van der Waals surface area contributed by atoms with E-state index in [0.29, 0.717) is 23.2 Å². The predicted octanol–water partition coefficient (Wildman–Crippen LogP) is 15.7. The van der Waals surface area contributed by atoms with Crippen LogP contribution in [0, 0.1) is 13.8 Å². The molecular formula is C62H61N3O2. The van der Waals surface area contributed by atoms with Crippen LogP contribution in [0.1, 0.15) is 178 Å². The molecule has 1 aromatic heterocycles. The maximum absolute atomic E-state index is 13.3. The maximum atomic E-state index is 13.3. The number of carbonyl (C=O) groups is 1. The van der Waals surface area contributed by atoms with E-state index in [1.807, 2.05) is 13.0 Å². The Bertz CT molecular complexity index is 2870. The Kier molecular flexibility index (Phi) is 12.9. The van der Waals surface area contributed by atoms with Gasteiger partial charge < -0.3 is 5.11 Å². The zero-order valence-electron chi connectivity index (χ0n) is 39.2. The second-order valence-electron chi connectivity index (χ2n) is 19.3. The molecule has 7 aromatic rings. The minimum atomic E-state index is -1.00. The summed E-state index contributed by atoms with van der Waals surface area (Å²) in [5, 5.41) is 10.9. The molecule has 6 aromatic carbocycles. The summed E-state index contributed by atoms with van der Waals surface area (Å²) in [7, 11) is 0. The van der Waals surface area contributed by atoms with Crippen molar-refractivity contribution in [2.75, 3.05) is 0 Å². The standard InChI is InChI=1S/C62H61N3O2/c1-40-35-50(43-21-16-17-22-43)38-52(56(45-25-8-4-9-26-45)46-27-10-5-11-28-46)58(40)63-42(3)60-54(62(66)67)37-49-33-20-34-55(61(49)65-60)64-59-41(2)36-51(44-23-18-19-24-44)39-53(59)57(47-29-12-6-13-30-47)48-31-14-7-15-32-48/h4-15,25-32,35-39,43-44,56-57H,16-24,33-34H2,1-3H3,(H,66,67). The van der Waals surface area contributed by atoms with E-state index in [0.717, 1.165) is 64.3 Å². The van der Waals surface area contributed by atoms with Crippen LogP contribution in [0.15, 0.2) is 162 Å². The van der Waals surface area contributed by atoms with Gasteiger partial charge in [-0.2, -0.15) is 0 Å². The molecule has 5 heteroatoms. The van der Waals surface area contributed by atoms with E-state index in [4.69, 9.17) is 15.0 Å². The summed E-state index contributed by atoms with van der Waals surface area (Å²) in [5.74, 6) is -0.0397. The summed E-state index contributed by atoms with van der Waals surface area (Å²) >= 11 is 0. The molecule has 3 aliphatic carbocycles. The topological polar surface area (TPSA) is 74.9 Å². The van der Waals surface area contributed by atoms with Gasteiger partial charge in [0.15, 0.2) is 0 Å². The van der Waals surface area contributed by atoms with Crippen LogP contribution >= 0.6 is 0 Å². The Morgan fingerprint density at radius 3 is 1.45 bits per heavy atom. The molecule has 67 heavy (non-hydrogen) atoms. The molecule has 0 unspecified atom stereocenters. The number of aliphatic imine (C=N–C) groups is 2. The second-order valence-corrected chi connectivity index (χ2v) is 19.3. The van der Waals surface area contributed by atoms with Gasteiger partial charge in [-0.05, 0) is 145 Å². The van der Waals surface area contributed by atoms with Crippen molar-refractivity contribution in [1.29, 1.82) is 0 Å². The summed E-state index contributed by atoms with van der Waals surface area (Å²) in [6, 6.07) is 54.5. The molecule has 2 saturated carbocycles. The number of pyridine rings is 1. The number of hydrogen-bond acceptors (Lipinski definition) is 4. The van der Waals surface area contributed by atoms with Gasteiger partial charge in [-0.25, -0.2) is 9.78 Å². The highest BCUT2D eigenvalue weighted by Crippen LogP contribution is 2.46. The van der Waals surface area contributed by atoms with Gasteiger partial charge in [-0.3, -0.25) is 9.98 Å². The van der Waals surface area contributed by atoms with Crippen molar-refractivity contribution in [2.45, 2.75) is 115 Å². The van der Waals surface area contributed by atoms with E-state index < -0.39 is 5.97 Å². The van der Waals surface area contributed by atoms with Crippen molar-refractivity contribution >= 4 is 28.8 Å². The quantitative estimate of drug-likeness (QED) is 0.0981. The van der Waals surface area contributed by atoms with Crippen molar-refractivity contribution < 1.29 is 9.90 Å². The zero-order chi connectivity index (χ0) is 45.9. The summed E-state index contributed by atoms with van der Waals surface area (Å²) in [5.41, 5.74) is 17.8. The first-order valence-corrected chi connectivity index (χ1v) is 24.7. The van der Waals surface area contributed by atoms with Gasteiger partial charge in [0.05, 0.1) is 39.7 Å². The molecule has 0 spiro atoms. The normalized spacial score (nSPS) is 16.3. The number of aromatic nitrogens is 1. The lowest BCUT2D eigenvalue weighted by Crippen LogP contribution is -2.20. The van der Waals surface area contributed by atoms with Gasteiger partial charge in [0.1, 0.15) is 0 Å². The Labute approximate surface area is 396 Å². The van der Waals surface area contributed by atoms with Crippen molar-refractivity contribution in [2.24, 2.45) is 9.98 Å². The molecule has 3 aliphatic rings. The van der Waals surface area contributed by atoms with E-state index in [9.17, 15) is 9.90 Å². The summed E-state index contributed by atoms with van der Waals surface area (Å²) in [6.45, 7) is 6.32. The molecule has 0 radical (unpaired) electrons. The Hall–Kier alpha value is -6.72. The van der Waals surface area contributed by atoms with E-state index in [-0.39, 0.29) is 17.4 Å². The molecule has 5 nitrogen and oxygen atoms in total. The summed E-state index contributed by atoms with van der Waals surface area (Å²) in [4.78, 5) is 29.8.